The SMILES string of the molecule is O=CO.[MgH2]. The zero-order valence-electron chi connectivity index (χ0n) is 1.43. The van der Waals surface area contributed by atoms with Crippen molar-refractivity contribution in [2.45, 2.75) is 0 Å². The van der Waals surface area contributed by atoms with Crippen LogP contribution >= 0.6 is 0 Å². The third-order valence-electron chi connectivity index (χ3n) is 0. The van der Waals surface area contributed by atoms with Gasteiger partial charge in [-0.25, -0.2) is 0 Å². The fraction of sp³-hybridized carbons (Fsp3) is 0. The summed E-state index contributed by atoms with van der Waals surface area (Å²) in [6.07, 6.45) is 0. The van der Waals surface area contributed by atoms with Gasteiger partial charge in [0.05, 0.1) is 0 Å². The normalized spacial score (nSPS) is 3.00. The van der Waals surface area contributed by atoms with Gasteiger partial charge in [0.2, 0.25) is 0 Å². The highest BCUT2D eigenvalue weighted by atomic mass is 24.3. The molecule has 3 heteroatoms. The van der Waals surface area contributed by atoms with E-state index in [1.165, 1.54) is 0 Å². The van der Waals surface area contributed by atoms with E-state index in [1.54, 1.807) is 0 Å². The molecule has 1 N–H and O–H groups in total. The molecule has 0 aromatic carbocycles. The zero-order valence-corrected chi connectivity index (χ0v) is 1.43. The van der Waals surface area contributed by atoms with Crippen molar-refractivity contribution in [3.05, 3.63) is 0 Å². The van der Waals surface area contributed by atoms with Gasteiger partial charge in [0.25, 0.3) is 6.47 Å². The van der Waals surface area contributed by atoms with E-state index in [-0.39, 0.29) is 29.5 Å². The third-order valence-corrected chi connectivity index (χ3v) is 0. The van der Waals surface area contributed by atoms with Gasteiger partial charge in [-0.05, 0) is 0 Å². The first-order chi connectivity index (χ1) is 1.41. The molecule has 0 radical (unpaired) electrons. The van der Waals surface area contributed by atoms with Crippen molar-refractivity contribution in [3.8, 4) is 0 Å². The molecule has 0 aromatic rings. The molecule has 0 atom stereocenters. The number of carbonyl (C=O) groups is 1. The molecule has 0 saturated carbocycles. The van der Waals surface area contributed by atoms with Crippen LogP contribution in [-0.4, -0.2) is 34.6 Å². The van der Waals surface area contributed by atoms with E-state index in [1.807, 2.05) is 0 Å². The highest BCUT2D eigenvalue weighted by Gasteiger charge is 1.22. The lowest BCUT2D eigenvalue weighted by atomic mass is 11.7. The van der Waals surface area contributed by atoms with Gasteiger partial charge in [0.15, 0.2) is 0 Å². The van der Waals surface area contributed by atoms with Crippen molar-refractivity contribution in [2.75, 3.05) is 0 Å². The van der Waals surface area contributed by atoms with Crippen LogP contribution < -0.4 is 0 Å². The molecule has 0 heterocycles. The van der Waals surface area contributed by atoms with Crippen LogP contribution in [0, 0.1) is 0 Å². The van der Waals surface area contributed by atoms with Gasteiger partial charge in [0, 0.05) is 0 Å². The Kier molecular flexibility index (Phi) is 23.5. The van der Waals surface area contributed by atoms with Crippen LogP contribution in [0.3, 0.4) is 0 Å². The maximum absolute atomic E-state index is 8.36. The fourth-order valence-electron chi connectivity index (χ4n) is 0. The average Bonchev–Trinajstić information content (AvgIpc) is 0.918. The van der Waals surface area contributed by atoms with Crippen molar-refractivity contribution in [1.29, 1.82) is 0 Å². The second-order valence-corrected chi connectivity index (χ2v) is 0.105. The Morgan fingerprint density at radius 1 is 1.75 bits per heavy atom. The standard InChI is InChI=1S/CH2O2.Mg.2H/c2-1-3;;;/h1H,(H,2,3);;;. The molecule has 0 aliphatic carbocycles. The summed E-state index contributed by atoms with van der Waals surface area (Å²) in [6, 6.07) is 0. The molecule has 0 aliphatic rings. The first-order valence-electron chi connectivity index (χ1n) is 0.494. The van der Waals surface area contributed by atoms with Crippen molar-refractivity contribution in [2.24, 2.45) is 0 Å². The smallest absolute Gasteiger partial charge is 0.316 e. The number of hydrogen-bond donors (Lipinski definition) is 1. The Hall–Kier alpha value is 0.236. The highest BCUT2D eigenvalue weighted by molar-refractivity contribution is 5.75. The van der Waals surface area contributed by atoms with Crippen LogP contribution in [0.1, 0.15) is 0 Å². The van der Waals surface area contributed by atoms with Crippen LogP contribution in [0.4, 0.5) is 0 Å². The lowest BCUT2D eigenvalue weighted by Gasteiger charge is -1.34. The van der Waals surface area contributed by atoms with Gasteiger partial charge in [-0.3, -0.25) is 4.79 Å². The molecule has 0 spiro atoms. The Morgan fingerprint density at radius 2 is 1.75 bits per heavy atom. The lowest BCUT2D eigenvalue weighted by Crippen LogP contribution is -1.49. The highest BCUT2D eigenvalue weighted by Crippen LogP contribution is 0.966. The number of hydrogen-bond acceptors (Lipinski definition) is 1. The third kappa shape index (κ3) is 61.2. The van der Waals surface area contributed by atoms with E-state index in [4.69, 9.17) is 9.90 Å². The summed E-state index contributed by atoms with van der Waals surface area (Å²) < 4.78 is 0. The quantitative estimate of drug-likeness (QED) is 0.288. The number of rotatable bonds is 0. The summed E-state index contributed by atoms with van der Waals surface area (Å²) in [5, 5.41) is 6.89. The van der Waals surface area contributed by atoms with Gasteiger partial charge in [-0.2, -0.15) is 0 Å². The summed E-state index contributed by atoms with van der Waals surface area (Å²) >= 11 is 0. The predicted molar refractivity (Wildman–Crippen MR) is 17.2 cm³/mol. The summed E-state index contributed by atoms with van der Waals surface area (Å²) in [5.74, 6) is 0. The van der Waals surface area contributed by atoms with Crippen LogP contribution in [0.15, 0.2) is 0 Å². The molecule has 0 saturated heterocycles. The monoisotopic (exact) mass is 72.0 g/mol. The minimum atomic E-state index is -0.250. The minimum absolute atomic E-state index is 0. The van der Waals surface area contributed by atoms with E-state index >= 15 is 0 Å². The average molecular weight is 72.3 g/mol. The molecule has 0 amide bonds. The molecule has 0 bridgehead atoms. The topological polar surface area (TPSA) is 37.3 Å². The van der Waals surface area contributed by atoms with Crippen molar-refractivity contribution >= 4 is 29.5 Å². The molecule has 0 aliphatic heterocycles. The van der Waals surface area contributed by atoms with Gasteiger partial charge in [-0.15, -0.1) is 0 Å². The van der Waals surface area contributed by atoms with Crippen LogP contribution in [-0.2, 0) is 4.79 Å². The Bertz CT molecular complexity index is 13.5. The van der Waals surface area contributed by atoms with Crippen molar-refractivity contribution in [1.82, 2.24) is 0 Å². The van der Waals surface area contributed by atoms with Crippen LogP contribution in [0.25, 0.3) is 0 Å². The number of carboxylic acid groups (broad SMARTS) is 1. The molecule has 22 valence electrons. The van der Waals surface area contributed by atoms with E-state index in [0.29, 0.717) is 0 Å². The second kappa shape index (κ2) is 10.6. The molecule has 0 fully saturated rings. The van der Waals surface area contributed by atoms with E-state index in [9.17, 15) is 0 Å². The van der Waals surface area contributed by atoms with Crippen LogP contribution in [0.2, 0.25) is 0 Å². The zero-order chi connectivity index (χ0) is 2.71. The molecule has 0 aromatic heterocycles. The molecule has 4 heavy (non-hydrogen) atoms. The van der Waals surface area contributed by atoms with E-state index in [0.717, 1.165) is 0 Å². The second-order valence-electron chi connectivity index (χ2n) is 0.105. The summed E-state index contributed by atoms with van der Waals surface area (Å²) in [6.45, 7) is -0.250. The Labute approximate surface area is 40.0 Å². The molecule has 2 nitrogen and oxygen atoms in total. The maximum atomic E-state index is 8.36. The molecule has 0 unspecified atom stereocenters. The van der Waals surface area contributed by atoms with Gasteiger partial charge in [0.1, 0.15) is 0 Å². The summed E-state index contributed by atoms with van der Waals surface area (Å²) in [7, 11) is 0. The minimum Gasteiger partial charge on any atom is -0.483 e. The summed E-state index contributed by atoms with van der Waals surface area (Å²) in [4.78, 5) is 8.36. The van der Waals surface area contributed by atoms with E-state index in [2.05, 4.69) is 0 Å². The van der Waals surface area contributed by atoms with Crippen molar-refractivity contribution < 1.29 is 9.90 Å². The molecular formula is CH4MgO2. The van der Waals surface area contributed by atoms with Gasteiger partial charge in [-0.1, -0.05) is 0 Å². The van der Waals surface area contributed by atoms with Crippen molar-refractivity contribution in [3.63, 3.8) is 0 Å². The molecule has 0 rings (SSSR count). The summed E-state index contributed by atoms with van der Waals surface area (Å²) in [5.41, 5.74) is 0. The first-order valence-corrected chi connectivity index (χ1v) is 0.494. The van der Waals surface area contributed by atoms with E-state index < -0.39 is 0 Å². The first kappa shape index (κ1) is 8.87. The Morgan fingerprint density at radius 3 is 1.75 bits per heavy atom. The van der Waals surface area contributed by atoms with Crippen LogP contribution in [0.5, 0.6) is 0 Å². The molecular weight excluding hydrogens is 68.3 g/mol. The lowest BCUT2D eigenvalue weighted by molar-refractivity contribution is -0.122. The largest absolute Gasteiger partial charge is 0.483 e. The maximum Gasteiger partial charge on any atom is 0.316 e. The van der Waals surface area contributed by atoms with Gasteiger partial charge >= 0.3 is 23.1 Å². The fourth-order valence-corrected chi connectivity index (χ4v) is 0. The predicted octanol–water partition coefficient (Wildman–Crippen LogP) is -1.22. The van der Waals surface area contributed by atoms with Gasteiger partial charge < -0.3 is 5.11 Å². The Balaban J connectivity index is 0.